The van der Waals surface area contributed by atoms with Crippen molar-refractivity contribution < 1.29 is 14.3 Å². The Kier molecular flexibility index (Phi) is 10.4. The first-order chi connectivity index (χ1) is 17.1. The number of urea groups is 1. The van der Waals surface area contributed by atoms with Gasteiger partial charge < -0.3 is 26.0 Å². The Hall–Kier alpha value is -4.10. The number of hydrogen-bond acceptors (Lipinski definition) is 4. The van der Waals surface area contributed by atoms with E-state index in [9.17, 15) is 9.59 Å². The summed E-state index contributed by atoms with van der Waals surface area (Å²) in [6, 6.07) is 25.7. The van der Waals surface area contributed by atoms with E-state index >= 15 is 0 Å². The van der Waals surface area contributed by atoms with Crippen molar-refractivity contribution in [2.24, 2.45) is 0 Å². The van der Waals surface area contributed by atoms with Crippen LogP contribution in [0, 0.1) is 0 Å². The maximum atomic E-state index is 12.7. The number of ether oxygens (including phenoxy) is 1. The fourth-order valence-corrected chi connectivity index (χ4v) is 3.32. The Labute approximate surface area is 206 Å². The van der Waals surface area contributed by atoms with Crippen molar-refractivity contribution >= 4 is 17.6 Å². The number of benzene rings is 3. The van der Waals surface area contributed by atoms with Crippen LogP contribution >= 0.6 is 0 Å². The van der Waals surface area contributed by atoms with Gasteiger partial charge in [0.1, 0.15) is 11.5 Å². The van der Waals surface area contributed by atoms with Gasteiger partial charge in [-0.05, 0) is 54.9 Å². The normalized spacial score (nSPS) is 11.6. The molecular weight excluding hydrogens is 440 g/mol. The molecule has 7 nitrogen and oxygen atoms in total. The Morgan fingerprint density at radius 2 is 1.51 bits per heavy atom. The molecule has 182 valence electrons. The molecule has 0 aliphatic heterocycles. The van der Waals surface area contributed by atoms with Crippen LogP contribution in [-0.4, -0.2) is 37.6 Å². The van der Waals surface area contributed by atoms with Gasteiger partial charge in [-0.25, -0.2) is 4.79 Å². The fraction of sp³-hybridized carbons (Fsp3) is 0.214. The molecule has 0 saturated carbocycles. The molecule has 0 unspecified atom stereocenters. The van der Waals surface area contributed by atoms with Gasteiger partial charge in [0, 0.05) is 24.9 Å². The zero-order chi connectivity index (χ0) is 24.7. The zero-order valence-corrected chi connectivity index (χ0v) is 19.9. The first-order valence-corrected chi connectivity index (χ1v) is 11.7. The SMILES string of the molecule is CCNCCNC(=O)C=C[C@H](Cc1ccccc1)NC(=O)Nc1ccc(Oc2ccccc2)cc1. The summed E-state index contributed by atoms with van der Waals surface area (Å²) < 4.78 is 5.79. The summed E-state index contributed by atoms with van der Waals surface area (Å²) in [6.07, 6.45) is 3.74. The van der Waals surface area contributed by atoms with Crippen molar-refractivity contribution in [1.82, 2.24) is 16.0 Å². The van der Waals surface area contributed by atoms with Crippen LogP contribution in [-0.2, 0) is 11.2 Å². The molecule has 0 saturated heterocycles. The molecule has 0 bridgehead atoms. The summed E-state index contributed by atoms with van der Waals surface area (Å²) in [5.41, 5.74) is 1.68. The van der Waals surface area contributed by atoms with Crippen LogP contribution in [0.1, 0.15) is 12.5 Å². The molecule has 0 spiro atoms. The Balaban J connectivity index is 1.56. The van der Waals surface area contributed by atoms with Crippen molar-refractivity contribution in [3.63, 3.8) is 0 Å². The second kappa shape index (κ2) is 14.2. The van der Waals surface area contributed by atoms with Gasteiger partial charge in [0.25, 0.3) is 0 Å². The molecule has 3 aromatic carbocycles. The van der Waals surface area contributed by atoms with Gasteiger partial charge in [-0.1, -0.05) is 61.5 Å². The second-order valence-corrected chi connectivity index (χ2v) is 7.84. The highest BCUT2D eigenvalue weighted by molar-refractivity contribution is 5.90. The highest BCUT2D eigenvalue weighted by Gasteiger charge is 2.11. The quantitative estimate of drug-likeness (QED) is 0.231. The Morgan fingerprint density at radius 3 is 2.20 bits per heavy atom. The maximum absolute atomic E-state index is 12.7. The van der Waals surface area contributed by atoms with Gasteiger partial charge in [-0.3, -0.25) is 4.79 Å². The van der Waals surface area contributed by atoms with E-state index in [1.165, 1.54) is 6.08 Å². The summed E-state index contributed by atoms with van der Waals surface area (Å²) in [5, 5.41) is 11.8. The number of anilines is 1. The van der Waals surface area contributed by atoms with Gasteiger partial charge >= 0.3 is 6.03 Å². The molecule has 0 aliphatic carbocycles. The summed E-state index contributed by atoms with van der Waals surface area (Å²) in [7, 11) is 0. The lowest BCUT2D eigenvalue weighted by Gasteiger charge is -2.16. The topological polar surface area (TPSA) is 91.5 Å². The Morgan fingerprint density at radius 1 is 0.857 bits per heavy atom. The van der Waals surface area contributed by atoms with Crippen molar-refractivity contribution in [1.29, 1.82) is 0 Å². The summed E-state index contributed by atoms with van der Waals surface area (Å²) in [5.74, 6) is 1.22. The van der Waals surface area contributed by atoms with E-state index in [4.69, 9.17) is 4.74 Å². The number of para-hydroxylation sites is 1. The lowest BCUT2D eigenvalue weighted by atomic mass is 10.1. The minimum atomic E-state index is -0.363. The molecule has 3 aromatic rings. The fourth-order valence-electron chi connectivity index (χ4n) is 3.32. The lowest BCUT2D eigenvalue weighted by molar-refractivity contribution is -0.116. The molecule has 7 heteroatoms. The molecule has 4 N–H and O–H groups in total. The van der Waals surface area contributed by atoms with Crippen molar-refractivity contribution in [3.05, 3.63) is 103 Å². The molecule has 0 radical (unpaired) electrons. The first-order valence-electron chi connectivity index (χ1n) is 11.7. The van der Waals surface area contributed by atoms with Gasteiger partial charge in [0.05, 0.1) is 6.04 Å². The molecule has 1 atom stereocenters. The molecule has 3 rings (SSSR count). The second-order valence-electron chi connectivity index (χ2n) is 7.84. The van der Waals surface area contributed by atoms with Crippen molar-refractivity contribution in [2.75, 3.05) is 25.0 Å². The van der Waals surface area contributed by atoms with Crippen LogP contribution in [0.15, 0.2) is 97.1 Å². The zero-order valence-electron chi connectivity index (χ0n) is 19.9. The van der Waals surface area contributed by atoms with Gasteiger partial charge in [-0.2, -0.15) is 0 Å². The number of carbonyl (C=O) groups excluding carboxylic acids is 2. The third kappa shape index (κ3) is 9.73. The molecule has 0 fully saturated rings. The van der Waals surface area contributed by atoms with Crippen LogP contribution < -0.4 is 26.0 Å². The monoisotopic (exact) mass is 472 g/mol. The molecule has 0 aromatic heterocycles. The predicted octanol–water partition coefficient (Wildman–Crippen LogP) is 4.49. The average Bonchev–Trinajstić information content (AvgIpc) is 2.87. The van der Waals surface area contributed by atoms with Crippen LogP contribution in [0.5, 0.6) is 11.5 Å². The van der Waals surface area contributed by atoms with Crippen LogP contribution in [0.3, 0.4) is 0 Å². The summed E-state index contributed by atoms with van der Waals surface area (Å²) in [6.45, 7) is 4.11. The molecule has 0 aliphatic rings. The highest BCUT2D eigenvalue weighted by atomic mass is 16.5. The third-order valence-corrected chi connectivity index (χ3v) is 5.04. The van der Waals surface area contributed by atoms with Crippen molar-refractivity contribution in [3.8, 4) is 11.5 Å². The van der Waals surface area contributed by atoms with Gasteiger partial charge in [0.15, 0.2) is 0 Å². The van der Waals surface area contributed by atoms with E-state index < -0.39 is 0 Å². The minimum Gasteiger partial charge on any atom is -0.457 e. The average molecular weight is 473 g/mol. The smallest absolute Gasteiger partial charge is 0.319 e. The summed E-state index contributed by atoms with van der Waals surface area (Å²) >= 11 is 0. The van der Waals surface area contributed by atoms with Crippen molar-refractivity contribution in [2.45, 2.75) is 19.4 Å². The van der Waals surface area contributed by atoms with E-state index in [2.05, 4.69) is 21.3 Å². The van der Waals surface area contributed by atoms with E-state index in [0.717, 1.165) is 17.9 Å². The molecule has 3 amide bonds. The van der Waals surface area contributed by atoms with E-state index in [-0.39, 0.29) is 18.0 Å². The number of carbonyl (C=O) groups is 2. The molecular formula is C28H32N4O3. The number of rotatable bonds is 12. The number of hydrogen-bond donors (Lipinski definition) is 4. The largest absolute Gasteiger partial charge is 0.457 e. The van der Waals surface area contributed by atoms with Gasteiger partial charge in [0.2, 0.25) is 5.91 Å². The van der Waals surface area contributed by atoms with E-state index in [0.29, 0.717) is 30.9 Å². The van der Waals surface area contributed by atoms with E-state index in [1.54, 1.807) is 30.3 Å². The van der Waals surface area contributed by atoms with Crippen LogP contribution in [0.2, 0.25) is 0 Å². The number of nitrogens with one attached hydrogen (secondary N) is 4. The highest BCUT2D eigenvalue weighted by Crippen LogP contribution is 2.22. The summed E-state index contributed by atoms with van der Waals surface area (Å²) in [4.78, 5) is 24.8. The standard InChI is InChI=1S/C28H32N4O3/c1-2-29-19-20-30-27(33)18-15-24(21-22-9-5-3-6-10-22)32-28(34)31-23-13-16-26(17-14-23)35-25-11-7-4-8-12-25/h3-18,24,29H,2,19-21H2,1H3,(H,30,33)(H2,31,32,34)/t24-/m1/s1. The minimum absolute atomic E-state index is 0.197. The Bertz CT molecular complexity index is 1070. The predicted molar refractivity (Wildman–Crippen MR) is 140 cm³/mol. The third-order valence-electron chi connectivity index (χ3n) is 5.04. The van der Waals surface area contributed by atoms with Crippen LogP contribution in [0.4, 0.5) is 10.5 Å². The van der Waals surface area contributed by atoms with E-state index in [1.807, 2.05) is 67.6 Å². The van der Waals surface area contributed by atoms with Crippen LogP contribution in [0.25, 0.3) is 0 Å². The first kappa shape index (κ1) is 25.5. The number of likely N-dealkylation sites (N-methyl/N-ethyl adjacent to an activating group) is 1. The molecule has 35 heavy (non-hydrogen) atoms. The number of amides is 3. The lowest BCUT2D eigenvalue weighted by Crippen LogP contribution is -2.38. The van der Waals surface area contributed by atoms with Gasteiger partial charge in [-0.15, -0.1) is 0 Å². The maximum Gasteiger partial charge on any atom is 0.319 e. The molecule has 0 heterocycles.